The minimum Gasteiger partial charge on any atom is -0.445 e. The third kappa shape index (κ3) is 6.09. The number of ether oxygens (including phenoxy) is 1. The number of rotatable bonds is 9. The summed E-state index contributed by atoms with van der Waals surface area (Å²) in [5.41, 5.74) is 8.45. The number of hydrogen-bond acceptors (Lipinski definition) is 5. The third-order valence-corrected chi connectivity index (χ3v) is 10.6. The van der Waals surface area contributed by atoms with Crippen molar-refractivity contribution in [1.82, 2.24) is 20.5 Å². The highest BCUT2D eigenvalue weighted by Gasteiger charge is 2.54. The van der Waals surface area contributed by atoms with Gasteiger partial charge in [-0.1, -0.05) is 81.6 Å². The van der Waals surface area contributed by atoms with E-state index in [9.17, 15) is 14.4 Å². The second-order valence-electron chi connectivity index (χ2n) is 13.4. The number of nitrogens with one attached hydrogen (secondary N) is 3. The number of aryl methyl sites for hydroxylation is 1. The van der Waals surface area contributed by atoms with Crippen LogP contribution in [-0.4, -0.2) is 57.4 Å². The molecule has 2 heterocycles. The van der Waals surface area contributed by atoms with Gasteiger partial charge >= 0.3 is 6.09 Å². The first-order valence-electron chi connectivity index (χ1n) is 16.7. The van der Waals surface area contributed by atoms with Crippen molar-refractivity contribution in [2.75, 3.05) is 0 Å². The average Bonchev–Trinajstić information content (AvgIpc) is 3.64. The summed E-state index contributed by atoms with van der Waals surface area (Å²) in [6.07, 6.45) is 5.44. The van der Waals surface area contributed by atoms with Gasteiger partial charge in [-0.15, -0.1) is 0 Å². The van der Waals surface area contributed by atoms with E-state index in [-0.39, 0.29) is 36.8 Å². The maximum atomic E-state index is 15.0. The molecule has 6 rings (SSSR count). The molecule has 0 spiro atoms. The second kappa shape index (κ2) is 13.2. The Labute approximate surface area is 269 Å². The highest BCUT2D eigenvalue weighted by atomic mass is 16.5. The number of para-hydroxylation sites is 1. The first kappa shape index (κ1) is 31.6. The van der Waals surface area contributed by atoms with Crippen LogP contribution in [0.4, 0.5) is 4.79 Å². The Morgan fingerprint density at radius 2 is 1.80 bits per heavy atom. The van der Waals surface area contributed by atoms with E-state index >= 15 is 4.79 Å². The number of H-pyrrole nitrogens is 1. The van der Waals surface area contributed by atoms with E-state index in [0.717, 1.165) is 53.4 Å². The lowest BCUT2D eigenvalue weighted by atomic mass is 9.77. The highest BCUT2D eigenvalue weighted by Crippen LogP contribution is 2.43. The molecule has 2 aliphatic carbocycles. The van der Waals surface area contributed by atoms with Gasteiger partial charge in [-0.3, -0.25) is 14.4 Å². The van der Waals surface area contributed by atoms with Gasteiger partial charge in [-0.25, -0.2) is 4.79 Å². The number of likely N-dealkylation sites (tertiary alicyclic amines) is 1. The van der Waals surface area contributed by atoms with Gasteiger partial charge in [-0.2, -0.15) is 0 Å². The largest absolute Gasteiger partial charge is 0.445 e. The summed E-state index contributed by atoms with van der Waals surface area (Å²) in [7, 11) is 0. The Kier molecular flexibility index (Phi) is 9.06. The van der Waals surface area contributed by atoms with Crippen molar-refractivity contribution in [2.45, 2.75) is 102 Å². The number of primary amides is 1. The van der Waals surface area contributed by atoms with E-state index in [4.69, 9.17) is 10.5 Å². The Hall–Kier alpha value is -4.34. The fourth-order valence-corrected chi connectivity index (χ4v) is 7.90. The number of aromatic amines is 1. The smallest absolute Gasteiger partial charge is 0.408 e. The van der Waals surface area contributed by atoms with Crippen molar-refractivity contribution in [2.24, 2.45) is 17.6 Å². The molecule has 3 aliphatic rings. The van der Waals surface area contributed by atoms with E-state index in [1.165, 1.54) is 0 Å². The number of alkyl carbamates (subject to hydrolysis) is 1. The number of nitrogens with two attached hydrogens (primary N) is 1. The summed E-state index contributed by atoms with van der Waals surface area (Å²) < 4.78 is 5.47. The third-order valence-electron chi connectivity index (χ3n) is 10.6. The quantitative estimate of drug-likeness (QED) is 0.276. The zero-order valence-corrected chi connectivity index (χ0v) is 26.7. The van der Waals surface area contributed by atoms with Gasteiger partial charge in [0.1, 0.15) is 24.2 Å². The second-order valence-corrected chi connectivity index (χ2v) is 13.4. The van der Waals surface area contributed by atoms with Crippen LogP contribution < -0.4 is 16.4 Å². The first-order chi connectivity index (χ1) is 22.2. The molecule has 10 heteroatoms. The number of hydrogen-bond donors (Lipinski definition) is 4. The molecule has 2 fully saturated rings. The molecule has 6 atom stereocenters. The monoisotopic (exact) mass is 627 g/mol. The molecule has 46 heavy (non-hydrogen) atoms. The summed E-state index contributed by atoms with van der Waals surface area (Å²) in [4.78, 5) is 60.3. The van der Waals surface area contributed by atoms with Crippen LogP contribution >= 0.6 is 0 Å². The Bertz CT molecular complexity index is 1600. The molecule has 6 unspecified atom stereocenters. The Morgan fingerprint density at radius 1 is 1.07 bits per heavy atom. The molecule has 1 saturated heterocycles. The molecular formula is C36H45N5O5. The molecule has 1 aliphatic heterocycles. The highest BCUT2D eigenvalue weighted by molar-refractivity contribution is 5.98. The number of benzene rings is 2. The van der Waals surface area contributed by atoms with Gasteiger partial charge in [-0.05, 0) is 61.1 Å². The van der Waals surface area contributed by atoms with E-state index in [1.807, 2.05) is 68.4 Å². The predicted octanol–water partition coefficient (Wildman–Crippen LogP) is 4.50. The van der Waals surface area contributed by atoms with E-state index < -0.39 is 35.5 Å². The fourth-order valence-electron chi connectivity index (χ4n) is 7.90. The predicted molar refractivity (Wildman–Crippen MR) is 174 cm³/mol. The zero-order valence-electron chi connectivity index (χ0n) is 26.7. The summed E-state index contributed by atoms with van der Waals surface area (Å²) in [6, 6.07) is 15.6. The minimum absolute atomic E-state index is 0.0688. The summed E-state index contributed by atoms with van der Waals surface area (Å²) in [5.74, 6) is -1.24. The summed E-state index contributed by atoms with van der Waals surface area (Å²) in [6.45, 7) is 3.91. The molecular weight excluding hydrogens is 582 g/mol. The molecule has 5 N–H and O–H groups in total. The van der Waals surface area contributed by atoms with Crippen molar-refractivity contribution in [3.05, 3.63) is 71.4 Å². The zero-order chi connectivity index (χ0) is 32.4. The van der Waals surface area contributed by atoms with Crippen molar-refractivity contribution in [3.63, 3.8) is 0 Å². The Morgan fingerprint density at radius 3 is 2.57 bits per heavy atom. The standard InChI is InChI=1S/C36H45N5O5/c1-3-22(2)31(39-35(45)46-21-23-11-5-4-6-12-23)33(43)40-36(18-17-28-26(20-36)25-14-8-9-15-27(25)38-28)34(44)41-29-16-10-7-13-24(29)19-30(41)32(37)42/h4-6,8-9,11-12,14-15,22,24,29-31,38H,3,7,10,13,16-21H2,1-2H3,(H2,37,42)(H,39,45)(H,40,43). The SMILES string of the molecule is CCC(C)C(NC(=O)OCc1ccccc1)C(=O)NC1(C(=O)N2C(C(N)=O)CC3CCCCC32)CCc2[nH]c3ccccc3c2C1. The van der Waals surface area contributed by atoms with Gasteiger partial charge < -0.3 is 31.0 Å². The van der Waals surface area contributed by atoms with Crippen LogP contribution in [0.15, 0.2) is 54.6 Å². The minimum atomic E-state index is -1.32. The maximum absolute atomic E-state index is 15.0. The van der Waals surface area contributed by atoms with Gasteiger partial charge in [0.05, 0.1) is 0 Å². The van der Waals surface area contributed by atoms with Crippen molar-refractivity contribution < 1.29 is 23.9 Å². The maximum Gasteiger partial charge on any atom is 0.408 e. The van der Waals surface area contributed by atoms with Gasteiger partial charge in [0.15, 0.2) is 0 Å². The first-order valence-corrected chi connectivity index (χ1v) is 16.7. The van der Waals surface area contributed by atoms with Crippen LogP contribution in [0.5, 0.6) is 0 Å². The summed E-state index contributed by atoms with van der Waals surface area (Å²) >= 11 is 0. The lowest BCUT2D eigenvalue weighted by Crippen LogP contribution is -2.67. The summed E-state index contributed by atoms with van der Waals surface area (Å²) in [5, 5.41) is 6.99. The van der Waals surface area contributed by atoms with Gasteiger partial charge in [0.25, 0.3) is 0 Å². The van der Waals surface area contributed by atoms with Crippen LogP contribution in [0.25, 0.3) is 10.9 Å². The van der Waals surface area contributed by atoms with Crippen molar-refractivity contribution >= 4 is 34.7 Å². The molecule has 10 nitrogen and oxygen atoms in total. The van der Waals surface area contributed by atoms with Gasteiger partial charge in [0.2, 0.25) is 17.7 Å². The topological polar surface area (TPSA) is 147 Å². The number of amides is 4. The van der Waals surface area contributed by atoms with Crippen molar-refractivity contribution in [3.8, 4) is 0 Å². The molecule has 2 aromatic carbocycles. The number of aromatic nitrogens is 1. The van der Waals surface area contributed by atoms with Crippen LogP contribution in [-0.2, 0) is 38.6 Å². The van der Waals surface area contributed by atoms with Gasteiger partial charge in [0, 0.05) is 29.1 Å². The average molecular weight is 628 g/mol. The number of nitrogens with zero attached hydrogens (tertiary/aromatic N) is 1. The fraction of sp³-hybridized carbons (Fsp3) is 0.500. The molecule has 0 radical (unpaired) electrons. The van der Waals surface area contributed by atoms with E-state index in [1.54, 1.807) is 4.90 Å². The molecule has 0 bridgehead atoms. The lowest BCUT2D eigenvalue weighted by molar-refractivity contribution is -0.149. The van der Waals surface area contributed by atoms with E-state index in [0.29, 0.717) is 25.7 Å². The van der Waals surface area contributed by atoms with Crippen LogP contribution in [0, 0.1) is 11.8 Å². The molecule has 4 amide bonds. The van der Waals surface area contributed by atoms with E-state index in [2.05, 4.69) is 15.6 Å². The van der Waals surface area contributed by atoms with Crippen molar-refractivity contribution in [1.29, 1.82) is 0 Å². The number of fused-ring (bicyclic) bond motifs is 4. The number of carbonyl (C=O) groups is 4. The van der Waals surface area contributed by atoms with Crippen LogP contribution in [0.2, 0.25) is 0 Å². The molecule has 244 valence electrons. The number of carbonyl (C=O) groups excluding carboxylic acids is 4. The Balaban J connectivity index is 1.32. The molecule has 3 aromatic rings. The van der Waals surface area contributed by atoms with Crippen LogP contribution in [0.3, 0.4) is 0 Å². The normalized spacial score (nSPS) is 25.2. The lowest BCUT2D eigenvalue weighted by Gasteiger charge is -2.44. The van der Waals surface area contributed by atoms with Crippen LogP contribution in [0.1, 0.15) is 75.6 Å². The molecule has 1 saturated carbocycles. The molecule has 1 aromatic heterocycles.